The second-order valence-corrected chi connectivity index (χ2v) is 7.33. The standard InChI is InChI=1S/C25H31N3/c1-26(2)22-13-7-19(8-14-22)25(20-9-15-23(16-10-20)27(3)4)21-11-17-24(18-12-21)28(5)6/h7-18,25H,1-6H3/i1D3,2D3. The van der Waals surface area contributed by atoms with Crippen LogP contribution >= 0.6 is 0 Å². The Hall–Kier alpha value is -2.94. The molecular formula is C25H31N3. The fraction of sp³-hybridized carbons (Fsp3) is 0.280. The highest BCUT2D eigenvalue weighted by Gasteiger charge is 2.17. The maximum atomic E-state index is 7.69. The SMILES string of the molecule is [2H]C([2H])([2H])N(c1ccc(C(c2ccc(N(C)C)cc2)c2ccc(N(C)C)cc2)cc1)C([2H])([2H])[2H]. The van der Waals surface area contributed by atoms with Gasteiger partial charge >= 0.3 is 0 Å². The minimum Gasteiger partial charge on any atom is -0.378 e. The van der Waals surface area contributed by atoms with E-state index in [-0.39, 0.29) is 11.6 Å². The van der Waals surface area contributed by atoms with E-state index in [2.05, 4.69) is 48.5 Å². The monoisotopic (exact) mass is 379 g/mol. The van der Waals surface area contributed by atoms with Gasteiger partial charge in [0.05, 0.1) is 0 Å². The van der Waals surface area contributed by atoms with Gasteiger partial charge in [-0.05, 0) is 53.1 Å². The third-order valence-corrected chi connectivity index (χ3v) is 4.97. The molecule has 3 rings (SSSR count). The van der Waals surface area contributed by atoms with Crippen molar-refractivity contribution in [3.05, 3.63) is 89.5 Å². The Bertz CT molecular complexity index is 1000. The van der Waals surface area contributed by atoms with E-state index in [0.29, 0.717) is 4.90 Å². The topological polar surface area (TPSA) is 9.72 Å². The van der Waals surface area contributed by atoms with Gasteiger partial charge in [0, 0.05) is 73.3 Å². The molecule has 0 aliphatic heterocycles. The molecule has 0 atom stereocenters. The molecule has 0 unspecified atom stereocenters. The van der Waals surface area contributed by atoms with Crippen LogP contribution in [0.3, 0.4) is 0 Å². The van der Waals surface area contributed by atoms with Gasteiger partial charge in [0.15, 0.2) is 0 Å². The van der Waals surface area contributed by atoms with Crippen molar-refractivity contribution < 1.29 is 8.22 Å². The molecule has 0 fully saturated rings. The van der Waals surface area contributed by atoms with E-state index < -0.39 is 14.0 Å². The van der Waals surface area contributed by atoms with Crippen molar-refractivity contribution in [2.45, 2.75) is 5.92 Å². The van der Waals surface area contributed by atoms with Crippen LogP contribution in [0.5, 0.6) is 0 Å². The summed E-state index contributed by atoms with van der Waals surface area (Å²) in [6.07, 6.45) is 0. The molecule has 0 heterocycles. The summed E-state index contributed by atoms with van der Waals surface area (Å²) in [4.78, 5) is 4.59. The van der Waals surface area contributed by atoms with E-state index >= 15 is 0 Å². The first-order valence-electron chi connectivity index (χ1n) is 12.2. The first-order chi connectivity index (χ1) is 15.8. The highest BCUT2D eigenvalue weighted by atomic mass is 15.1. The lowest BCUT2D eigenvalue weighted by Gasteiger charge is -2.22. The lowest BCUT2D eigenvalue weighted by molar-refractivity contribution is 0.971. The van der Waals surface area contributed by atoms with Crippen molar-refractivity contribution in [1.29, 1.82) is 0 Å². The Labute approximate surface area is 178 Å². The van der Waals surface area contributed by atoms with Gasteiger partial charge in [0.1, 0.15) is 0 Å². The Kier molecular flexibility index (Phi) is 3.98. The zero-order valence-corrected chi connectivity index (χ0v) is 16.8. The summed E-state index contributed by atoms with van der Waals surface area (Å²) in [5.74, 6) is -0.101. The molecule has 0 saturated carbocycles. The Morgan fingerprint density at radius 1 is 0.500 bits per heavy atom. The van der Waals surface area contributed by atoms with Gasteiger partial charge in [-0.25, -0.2) is 0 Å². The first-order valence-corrected chi connectivity index (χ1v) is 9.24. The van der Waals surface area contributed by atoms with E-state index in [1.165, 1.54) is 0 Å². The normalized spacial score (nSPS) is 14.9. The average Bonchev–Trinajstić information content (AvgIpc) is 2.74. The average molecular weight is 380 g/mol. The molecule has 0 spiro atoms. The zero-order valence-electron chi connectivity index (χ0n) is 22.8. The summed E-state index contributed by atoms with van der Waals surface area (Å²) < 4.78 is 46.1. The lowest BCUT2D eigenvalue weighted by Crippen LogP contribution is -2.11. The maximum Gasteiger partial charge on any atom is 0.0456 e. The van der Waals surface area contributed by atoms with Crippen LogP contribution in [0.2, 0.25) is 0 Å². The molecule has 3 aromatic rings. The van der Waals surface area contributed by atoms with Crippen LogP contribution in [0, 0.1) is 0 Å². The van der Waals surface area contributed by atoms with E-state index in [0.717, 1.165) is 28.1 Å². The molecule has 0 aliphatic carbocycles. The van der Waals surface area contributed by atoms with Crippen molar-refractivity contribution in [2.75, 3.05) is 56.8 Å². The highest BCUT2D eigenvalue weighted by Crippen LogP contribution is 2.34. The van der Waals surface area contributed by atoms with Crippen molar-refractivity contribution in [1.82, 2.24) is 0 Å². The van der Waals surface area contributed by atoms with E-state index in [9.17, 15) is 0 Å². The largest absolute Gasteiger partial charge is 0.378 e. The molecule has 3 nitrogen and oxygen atoms in total. The Morgan fingerprint density at radius 2 is 0.786 bits per heavy atom. The summed E-state index contributed by atoms with van der Waals surface area (Å²) >= 11 is 0. The predicted octanol–water partition coefficient (Wildman–Crippen LogP) is 5.06. The quantitative estimate of drug-likeness (QED) is 0.554. The molecule has 0 amide bonds. The van der Waals surface area contributed by atoms with E-state index in [1.807, 2.05) is 50.1 Å². The first kappa shape index (κ1) is 13.3. The predicted molar refractivity (Wildman–Crippen MR) is 123 cm³/mol. The van der Waals surface area contributed by atoms with Crippen molar-refractivity contribution in [2.24, 2.45) is 0 Å². The minimum absolute atomic E-state index is 0.101. The fourth-order valence-corrected chi connectivity index (χ4v) is 3.32. The van der Waals surface area contributed by atoms with Crippen LogP contribution in [0.25, 0.3) is 0 Å². The van der Waals surface area contributed by atoms with Gasteiger partial charge in [0.2, 0.25) is 0 Å². The smallest absolute Gasteiger partial charge is 0.0456 e. The second kappa shape index (κ2) is 8.39. The number of rotatable bonds is 6. The fourth-order valence-electron chi connectivity index (χ4n) is 3.32. The van der Waals surface area contributed by atoms with Gasteiger partial charge in [-0.1, -0.05) is 36.4 Å². The van der Waals surface area contributed by atoms with Gasteiger partial charge in [0.25, 0.3) is 0 Å². The van der Waals surface area contributed by atoms with Crippen molar-refractivity contribution >= 4 is 17.1 Å². The third-order valence-electron chi connectivity index (χ3n) is 4.97. The highest BCUT2D eigenvalue weighted by molar-refractivity contribution is 5.55. The number of hydrogen-bond acceptors (Lipinski definition) is 3. The Balaban J connectivity index is 2.07. The van der Waals surface area contributed by atoms with Gasteiger partial charge < -0.3 is 14.7 Å². The minimum atomic E-state index is -2.78. The van der Waals surface area contributed by atoms with Crippen molar-refractivity contribution in [3.63, 3.8) is 0 Å². The van der Waals surface area contributed by atoms with Crippen LogP contribution in [0.1, 0.15) is 30.8 Å². The molecule has 0 saturated heterocycles. The second-order valence-electron chi connectivity index (χ2n) is 7.33. The summed E-state index contributed by atoms with van der Waals surface area (Å²) in [5, 5.41) is 0. The molecule has 28 heavy (non-hydrogen) atoms. The van der Waals surface area contributed by atoms with Gasteiger partial charge in [-0.3, -0.25) is 0 Å². The summed E-state index contributed by atoms with van der Waals surface area (Å²) in [7, 11) is 7.97. The van der Waals surface area contributed by atoms with Gasteiger partial charge in [-0.2, -0.15) is 0 Å². The number of benzene rings is 3. The molecule has 0 aromatic heterocycles. The summed E-state index contributed by atoms with van der Waals surface area (Å²) in [6, 6.07) is 23.4. The molecule has 146 valence electrons. The van der Waals surface area contributed by atoms with Crippen LogP contribution in [-0.4, -0.2) is 42.1 Å². The Morgan fingerprint density at radius 3 is 1.04 bits per heavy atom. The molecular weight excluding hydrogens is 342 g/mol. The van der Waals surface area contributed by atoms with E-state index in [1.54, 1.807) is 12.1 Å². The van der Waals surface area contributed by atoms with Crippen LogP contribution in [-0.2, 0) is 0 Å². The van der Waals surface area contributed by atoms with Crippen LogP contribution < -0.4 is 14.7 Å². The van der Waals surface area contributed by atoms with Crippen LogP contribution in [0.15, 0.2) is 72.8 Å². The third kappa shape index (κ3) is 4.30. The molecule has 0 radical (unpaired) electrons. The zero-order chi connectivity index (χ0) is 25.3. The summed E-state index contributed by atoms with van der Waals surface area (Å²) in [5.41, 5.74) is 5.42. The molecule has 0 N–H and O–H groups in total. The van der Waals surface area contributed by atoms with E-state index in [4.69, 9.17) is 8.22 Å². The number of anilines is 3. The number of nitrogens with zero attached hydrogens (tertiary/aromatic N) is 3. The number of hydrogen-bond donors (Lipinski definition) is 0. The summed E-state index contributed by atoms with van der Waals surface area (Å²) in [6.45, 7) is -5.56. The molecule has 0 aliphatic rings. The van der Waals surface area contributed by atoms with Crippen LogP contribution in [0.4, 0.5) is 17.1 Å². The molecule has 3 aromatic carbocycles. The molecule has 3 heteroatoms. The van der Waals surface area contributed by atoms with Crippen molar-refractivity contribution in [3.8, 4) is 0 Å². The maximum absolute atomic E-state index is 7.69. The van der Waals surface area contributed by atoms with Gasteiger partial charge in [-0.15, -0.1) is 0 Å². The lowest BCUT2D eigenvalue weighted by atomic mass is 9.85. The molecule has 0 bridgehead atoms.